The molecule has 0 fully saturated rings. The molecule has 0 aliphatic heterocycles. The number of aryl methyl sites for hydroxylation is 2. The highest BCUT2D eigenvalue weighted by atomic mass is 35.5. The molecule has 0 saturated heterocycles. The Morgan fingerprint density at radius 1 is 1.04 bits per heavy atom. The van der Waals surface area contributed by atoms with E-state index in [1.807, 2.05) is 13.8 Å². The van der Waals surface area contributed by atoms with Gasteiger partial charge in [-0.1, -0.05) is 6.07 Å². The lowest BCUT2D eigenvalue weighted by atomic mass is 10.1. The Kier molecular flexibility index (Phi) is 8.08. The van der Waals surface area contributed by atoms with Crippen molar-refractivity contribution in [2.24, 2.45) is 5.73 Å². The summed E-state index contributed by atoms with van der Waals surface area (Å²) in [7, 11) is -3.67. The second kappa shape index (κ2) is 9.56. The van der Waals surface area contributed by atoms with Crippen molar-refractivity contribution in [3.8, 4) is 0 Å². The standard InChI is InChI=1S/C18H23N3O3S.ClH/c1-13-4-9-17(12-14(13)2)25(23,24)21-16-7-5-15(6-8-16)18(22)20-11-3-10-19;/h4-9,12,21H,3,10-11,19H2,1-2H3,(H,20,22);1H. The van der Waals surface area contributed by atoms with Crippen LogP contribution in [0.2, 0.25) is 0 Å². The average molecular weight is 398 g/mol. The fourth-order valence-electron chi connectivity index (χ4n) is 2.19. The summed E-state index contributed by atoms with van der Waals surface area (Å²) < 4.78 is 27.4. The van der Waals surface area contributed by atoms with Crippen LogP contribution >= 0.6 is 12.4 Å². The van der Waals surface area contributed by atoms with Gasteiger partial charge in [0.1, 0.15) is 0 Å². The van der Waals surface area contributed by atoms with E-state index in [9.17, 15) is 13.2 Å². The first-order chi connectivity index (χ1) is 11.8. The minimum atomic E-state index is -3.67. The SMILES string of the molecule is Cc1ccc(S(=O)(=O)Nc2ccc(C(=O)NCCCN)cc2)cc1C.Cl. The number of amides is 1. The molecule has 1 amide bonds. The molecule has 6 nitrogen and oxygen atoms in total. The number of benzene rings is 2. The molecule has 0 spiro atoms. The van der Waals surface area contributed by atoms with Crippen LogP contribution in [0.3, 0.4) is 0 Å². The van der Waals surface area contributed by atoms with Gasteiger partial charge in [0, 0.05) is 17.8 Å². The number of hydrogen-bond acceptors (Lipinski definition) is 4. The summed E-state index contributed by atoms with van der Waals surface area (Å²) >= 11 is 0. The van der Waals surface area contributed by atoms with Gasteiger partial charge in [-0.2, -0.15) is 0 Å². The summed E-state index contributed by atoms with van der Waals surface area (Å²) in [6.45, 7) is 4.82. The highest BCUT2D eigenvalue weighted by Gasteiger charge is 2.15. The quantitative estimate of drug-likeness (QED) is 0.625. The van der Waals surface area contributed by atoms with E-state index in [-0.39, 0.29) is 23.2 Å². The van der Waals surface area contributed by atoms with Crippen LogP contribution in [-0.2, 0) is 10.0 Å². The molecule has 0 heterocycles. The Balaban J connectivity index is 0.00000338. The second-order valence-electron chi connectivity index (χ2n) is 5.83. The third-order valence-electron chi connectivity index (χ3n) is 3.85. The normalized spacial score (nSPS) is 10.7. The third kappa shape index (κ3) is 5.72. The van der Waals surface area contributed by atoms with Crippen molar-refractivity contribution in [2.45, 2.75) is 25.2 Å². The first kappa shape index (κ1) is 22.0. The number of nitrogens with two attached hydrogens (primary N) is 1. The summed E-state index contributed by atoms with van der Waals surface area (Å²) in [5.41, 5.74) is 8.19. The summed E-state index contributed by atoms with van der Waals surface area (Å²) in [5.74, 6) is -0.211. The van der Waals surface area contributed by atoms with Gasteiger partial charge in [0.25, 0.3) is 15.9 Å². The molecule has 0 bridgehead atoms. The molecule has 26 heavy (non-hydrogen) atoms. The van der Waals surface area contributed by atoms with Crippen LogP contribution in [0, 0.1) is 13.8 Å². The van der Waals surface area contributed by atoms with Gasteiger partial charge in [-0.15, -0.1) is 12.4 Å². The predicted molar refractivity (Wildman–Crippen MR) is 106 cm³/mol. The van der Waals surface area contributed by atoms with E-state index in [1.54, 1.807) is 42.5 Å². The number of carbonyl (C=O) groups is 1. The number of carbonyl (C=O) groups excluding carboxylic acids is 1. The molecular weight excluding hydrogens is 374 g/mol. The molecule has 142 valence electrons. The molecule has 4 N–H and O–H groups in total. The minimum Gasteiger partial charge on any atom is -0.352 e. The van der Waals surface area contributed by atoms with E-state index in [4.69, 9.17) is 5.73 Å². The summed E-state index contributed by atoms with van der Waals surface area (Å²) in [6.07, 6.45) is 0.708. The predicted octanol–water partition coefficient (Wildman–Crippen LogP) is 2.60. The fourth-order valence-corrected chi connectivity index (χ4v) is 3.33. The van der Waals surface area contributed by atoms with E-state index in [2.05, 4.69) is 10.0 Å². The summed E-state index contributed by atoms with van der Waals surface area (Å²) in [5, 5.41) is 2.75. The van der Waals surface area contributed by atoms with E-state index in [1.165, 1.54) is 0 Å². The molecule has 0 radical (unpaired) electrons. The molecule has 2 rings (SSSR count). The van der Waals surface area contributed by atoms with Crippen LogP contribution in [0.5, 0.6) is 0 Å². The van der Waals surface area contributed by atoms with Gasteiger partial charge in [-0.05, 0) is 74.3 Å². The number of sulfonamides is 1. The lowest BCUT2D eigenvalue weighted by Crippen LogP contribution is -2.25. The Morgan fingerprint density at radius 3 is 2.27 bits per heavy atom. The smallest absolute Gasteiger partial charge is 0.261 e. The van der Waals surface area contributed by atoms with Gasteiger partial charge in [-0.3, -0.25) is 9.52 Å². The molecule has 0 aliphatic carbocycles. The number of rotatable bonds is 7. The van der Waals surface area contributed by atoms with Gasteiger partial charge in [-0.25, -0.2) is 8.42 Å². The molecule has 0 atom stereocenters. The van der Waals surface area contributed by atoms with Gasteiger partial charge in [0.15, 0.2) is 0 Å². The van der Waals surface area contributed by atoms with Gasteiger partial charge >= 0.3 is 0 Å². The Hall–Kier alpha value is -2.09. The Morgan fingerprint density at radius 2 is 1.69 bits per heavy atom. The largest absolute Gasteiger partial charge is 0.352 e. The Labute approximate surface area is 160 Å². The zero-order chi connectivity index (χ0) is 18.4. The van der Waals surface area contributed by atoms with E-state index < -0.39 is 10.0 Å². The van der Waals surface area contributed by atoms with Crippen LogP contribution in [0.25, 0.3) is 0 Å². The molecule has 8 heteroatoms. The maximum atomic E-state index is 12.5. The second-order valence-corrected chi connectivity index (χ2v) is 7.51. The van der Waals surface area contributed by atoms with Gasteiger partial charge < -0.3 is 11.1 Å². The van der Waals surface area contributed by atoms with Crippen molar-refractivity contribution >= 4 is 34.0 Å². The number of halogens is 1. The molecule has 2 aromatic carbocycles. The van der Waals surface area contributed by atoms with Crippen LogP contribution < -0.4 is 15.8 Å². The van der Waals surface area contributed by atoms with Gasteiger partial charge in [0.05, 0.1) is 4.90 Å². The lowest BCUT2D eigenvalue weighted by molar-refractivity contribution is 0.0953. The monoisotopic (exact) mass is 397 g/mol. The number of hydrogen-bond donors (Lipinski definition) is 3. The van der Waals surface area contributed by atoms with Crippen molar-refractivity contribution in [3.05, 3.63) is 59.2 Å². The molecular formula is C18H24ClN3O3S. The maximum absolute atomic E-state index is 12.5. The van der Waals surface area contributed by atoms with Crippen molar-refractivity contribution in [3.63, 3.8) is 0 Å². The van der Waals surface area contributed by atoms with E-state index in [0.29, 0.717) is 30.8 Å². The first-order valence-corrected chi connectivity index (χ1v) is 9.50. The molecule has 0 unspecified atom stereocenters. The zero-order valence-electron chi connectivity index (χ0n) is 14.8. The summed E-state index contributed by atoms with van der Waals surface area (Å²) in [6, 6.07) is 11.3. The average Bonchev–Trinajstić information content (AvgIpc) is 2.57. The van der Waals surface area contributed by atoms with Crippen LogP contribution in [0.15, 0.2) is 47.4 Å². The molecule has 0 aliphatic rings. The highest BCUT2D eigenvalue weighted by Crippen LogP contribution is 2.19. The number of anilines is 1. The zero-order valence-corrected chi connectivity index (χ0v) is 16.4. The van der Waals surface area contributed by atoms with Crippen molar-refractivity contribution < 1.29 is 13.2 Å². The minimum absolute atomic E-state index is 0. The van der Waals surface area contributed by atoms with Crippen LogP contribution in [0.4, 0.5) is 5.69 Å². The Bertz CT molecular complexity index is 852. The van der Waals surface area contributed by atoms with Crippen LogP contribution in [-0.4, -0.2) is 27.4 Å². The molecule has 2 aromatic rings. The van der Waals surface area contributed by atoms with Crippen molar-refractivity contribution in [2.75, 3.05) is 17.8 Å². The van der Waals surface area contributed by atoms with Crippen LogP contribution in [0.1, 0.15) is 27.9 Å². The van der Waals surface area contributed by atoms with E-state index in [0.717, 1.165) is 11.1 Å². The maximum Gasteiger partial charge on any atom is 0.261 e. The first-order valence-electron chi connectivity index (χ1n) is 8.02. The lowest BCUT2D eigenvalue weighted by Gasteiger charge is -2.10. The molecule has 0 saturated carbocycles. The van der Waals surface area contributed by atoms with E-state index >= 15 is 0 Å². The highest BCUT2D eigenvalue weighted by molar-refractivity contribution is 7.92. The number of nitrogens with one attached hydrogen (secondary N) is 2. The third-order valence-corrected chi connectivity index (χ3v) is 5.23. The topological polar surface area (TPSA) is 101 Å². The molecule has 0 aromatic heterocycles. The van der Waals surface area contributed by atoms with Gasteiger partial charge in [0.2, 0.25) is 0 Å². The summed E-state index contributed by atoms with van der Waals surface area (Å²) in [4.78, 5) is 12.1. The van der Waals surface area contributed by atoms with Crippen molar-refractivity contribution in [1.29, 1.82) is 0 Å². The fraction of sp³-hybridized carbons (Fsp3) is 0.278. The van der Waals surface area contributed by atoms with Crippen molar-refractivity contribution in [1.82, 2.24) is 5.32 Å².